The number of aryl methyl sites for hydroxylation is 2. The van der Waals surface area contributed by atoms with E-state index in [0.29, 0.717) is 17.0 Å². The van der Waals surface area contributed by atoms with Gasteiger partial charge in [0.15, 0.2) is 0 Å². The van der Waals surface area contributed by atoms with E-state index in [1.54, 1.807) is 6.92 Å². The maximum Gasteiger partial charge on any atom is 0.334 e. The number of hydrogen-bond donors (Lipinski definition) is 1. The number of nitrogens with one attached hydrogen (secondary N) is 1. The highest BCUT2D eigenvalue weighted by molar-refractivity contribution is 6.45. The van der Waals surface area contributed by atoms with Crippen LogP contribution in [-0.4, -0.2) is 71.0 Å². The van der Waals surface area contributed by atoms with Crippen LogP contribution < -0.4 is 5.32 Å². The van der Waals surface area contributed by atoms with Crippen molar-refractivity contribution in [1.82, 2.24) is 14.7 Å². The summed E-state index contributed by atoms with van der Waals surface area (Å²) in [5.74, 6) is -2.99. The standard InChI is InChI=1S/C19H24N4O5/c1-5-9-22-17(26)18(27)23(19(22)28)11-15(25)21(4)10-14(24)20-16-12(2)7-6-8-13(16)3/h6-8H,5,9-11H2,1-4H3,(H,20,24). The zero-order chi connectivity index (χ0) is 21.0. The van der Waals surface area contributed by atoms with E-state index in [1.807, 2.05) is 32.0 Å². The van der Waals surface area contributed by atoms with Crippen molar-refractivity contribution < 1.29 is 24.0 Å². The summed E-state index contributed by atoms with van der Waals surface area (Å²) in [5.41, 5.74) is 2.47. The Labute approximate surface area is 163 Å². The van der Waals surface area contributed by atoms with Crippen molar-refractivity contribution in [3.8, 4) is 0 Å². The first-order valence-electron chi connectivity index (χ1n) is 8.94. The zero-order valence-electron chi connectivity index (χ0n) is 16.4. The number of likely N-dealkylation sites (N-methyl/N-ethyl adjacent to an activating group) is 1. The first-order chi connectivity index (χ1) is 13.2. The molecule has 0 radical (unpaired) electrons. The number of carbonyl (C=O) groups excluding carboxylic acids is 5. The lowest BCUT2D eigenvalue weighted by molar-refractivity contribution is -0.145. The van der Waals surface area contributed by atoms with E-state index in [9.17, 15) is 24.0 Å². The van der Waals surface area contributed by atoms with E-state index in [2.05, 4.69) is 5.32 Å². The number of para-hydroxylation sites is 1. The molecule has 1 aliphatic heterocycles. The van der Waals surface area contributed by atoms with Crippen LogP contribution in [0.1, 0.15) is 24.5 Å². The topological polar surface area (TPSA) is 107 Å². The third kappa shape index (κ3) is 4.36. The van der Waals surface area contributed by atoms with Gasteiger partial charge in [-0.2, -0.15) is 0 Å². The van der Waals surface area contributed by atoms with Gasteiger partial charge >= 0.3 is 17.8 Å². The van der Waals surface area contributed by atoms with Crippen LogP contribution in [0.2, 0.25) is 0 Å². The number of amides is 6. The SMILES string of the molecule is CCCN1C(=O)C(=O)N(CC(=O)N(C)CC(=O)Nc2c(C)cccc2C)C1=O. The molecule has 1 heterocycles. The van der Waals surface area contributed by atoms with Crippen molar-refractivity contribution in [2.75, 3.05) is 32.0 Å². The average molecular weight is 388 g/mol. The van der Waals surface area contributed by atoms with E-state index >= 15 is 0 Å². The largest absolute Gasteiger partial charge is 0.335 e. The number of nitrogens with zero attached hydrogens (tertiary/aromatic N) is 3. The molecule has 9 heteroatoms. The van der Waals surface area contributed by atoms with Crippen LogP contribution in [0.25, 0.3) is 0 Å². The molecule has 1 saturated heterocycles. The maximum absolute atomic E-state index is 12.4. The van der Waals surface area contributed by atoms with Crippen molar-refractivity contribution >= 4 is 35.3 Å². The van der Waals surface area contributed by atoms with E-state index in [0.717, 1.165) is 20.9 Å². The third-order valence-corrected chi connectivity index (χ3v) is 4.43. The van der Waals surface area contributed by atoms with Crippen LogP contribution in [0.5, 0.6) is 0 Å². The average Bonchev–Trinajstić information content (AvgIpc) is 2.83. The van der Waals surface area contributed by atoms with Crippen LogP contribution in [0.3, 0.4) is 0 Å². The molecule has 6 amide bonds. The summed E-state index contributed by atoms with van der Waals surface area (Å²) in [6.45, 7) is 4.76. The number of rotatable bonds is 7. The molecule has 9 nitrogen and oxygen atoms in total. The Hall–Kier alpha value is -3.23. The highest BCUT2D eigenvalue weighted by Gasteiger charge is 2.44. The molecule has 0 spiro atoms. The van der Waals surface area contributed by atoms with Gasteiger partial charge in [-0.3, -0.25) is 24.1 Å². The van der Waals surface area contributed by atoms with Gasteiger partial charge in [-0.15, -0.1) is 0 Å². The van der Waals surface area contributed by atoms with Gasteiger partial charge in [0.1, 0.15) is 6.54 Å². The van der Waals surface area contributed by atoms with Gasteiger partial charge in [0.05, 0.1) is 6.54 Å². The molecule has 1 aromatic carbocycles. The second kappa shape index (κ2) is 8.64. The molecule has 0 saturated carbocycles. The molecule has 0 bridgehead atoms. The summed E-state index contributed by atoms with van der Waals surface area (Å²) in [6.07, 6.45) is 0.505. The van der Waals surface area contributed by atoms with Crippen LogP contribution in [0.4, 0.5) is 10.5 Å². The Balaban J connectivity index is 1.97. The number of carbonyl (C=O) groups is 5. The van der Waals surface area contributed by atoms with Gasteiger partial charge in [-0.25, -0.2) is 9.69 Å². The van der Waals surface area contributed by atoms with Gasteiger partial charge < -0.3 is 10.2 Å². The van der Waals surface area contributed by atoms with E-state index < -0.39 is 36.2 Å². The lowest BCUT2D eigenvalue weighted by Gasteiger charge is -2.20. The molecule has 0 aliphatic carbocycles. The van der Waals surface area contributed by atoms with Crippen molar-refractivity contribution in [3.05, 3.63) is 29.3 Å². The summed E-state index contributed by atoms with van der Waals surface area (Å²) in [7, 11) is 1.39. The Bertz CT molecular complexity index is 815. The van der Waals surface area contributed by atoms with Crippen LogP contribution in [0.15, 0.2) is 18.2 Å². The van der Waals surface area contributed by atoms with Crippen molar-refractivity contribution in [1.29, 1.82) is 0 Å². The van der Waals surface area contributed by atoms with Crippen LogP contribution in [-0.2, 0) is 19.2 Å². The molecule has 0 aromatic heterocycles. The normalized spacial score (nSPS) is 13.9. The minimum atomic E-state index is -1.03. The quantitative estimate of drug-likeness (QED) is 0.552. The number of anilines is 1. The van der Waals surface area contributed by atoms with E-state index in [1.165, 1.54) is 7.05 Å². The molecule has 0 atom stereocenters. The van der Waals surface area contributed by atoms with Gasteiger partial charge in [-0.1, -0.05) is 25.1 Å². The van der Waals surface area contributed by atoms with Gasteiger partial charge in [0.2, 0.25) is 11.8 Å². The smallest absolute Gasteiger partial charge is 0.334 e. The Kier molecular flexibility index (Phi) is 6.50. The van der Waals surface area contributed by atoms with Gasteiger partial charge in [0, 0.05) is 19.3 Å². The summed E-state index contributed by atoms with van der Waals surface area (Å²) in [5, 5.41) is 2.76. The Morgan fingerprint density at radius 3 is 2.18 bits per heavy atom. The third-order valence-electron chi connectivity index (χ3n) is 4.43. The number of imide groups is 2. The van der Waals surface area contributed by atoms with Gasteiger partial charge in [0.25, 0.3) is 0 Å². The predicted octanol–water partition coefficient (Wildman–Crippen LogP) is 0.901. The molecular formula is C19H24N4O5. The second-order valence-electron chi connectivity index (χ2n) is 6.70. The maximum atomic E-state index is 12.4. The second-order valence-corrected chi connectivity index (χ2v) is 6.70. The van der Waals surface area contributed by atoms with Gasteiger partial charge in [-0.05, 0) is 31.4 Å². The Morgan fingerprint density at radius 1 is 1.04 bits per heavy atom. The zero-order valence-corrected chi connectivity index (χ0v) is 16.4. The number of urea groups is 1. The van der Waals surface area contributed by atoms with Crippen molar-refractivity contribution in [2.24, 2.45) is 0 Å². The fraction of sp³-hybridized carbons (Fsp3) is 0.421. The minimum absolute atomic E-state index is 0.113. The molecular weight excluding hydrogens is 364 g/mol. The first-order valence-corrected chi connectivity index (χ1v) is 8.94. The molecule has 150 valence electrons. The summed E-state index contributed by atoms with van der Waals surface area (Å²) in [4.78, 5) is 63.1. The fourth-order valence-electron chi connectivity index (χ4n) is 2.86. The van der Waals surface area contributed by atoms with Crippen LogP contribution in [0, 0.1) is 13.8 Å². The lowest BCUT2D eigenvalue weighted by atomic mass is 10.1. The molecule has 28 heavy (non-hydrogen) atoms. The highest BCUT2D eigenvalue weighted by atomic mass is 16.2. The highest BCUT2D eigenvalue weighted by Crippen LogP contribution is 2.19. The molecule has 0 unspecified atom stereocenters. The molecule has 1 N–H and O–H groups in total. The monoisotopic (exact) mass is 388 g/mol. The Morgan fingerprint density at radius 2 is 1.61 bits per heavy atom. The summed E-state index contributed by atoms with van der Waals surface area (Å²) < 4.78 is 0. The fourth-order valence-corrected chi connectivity index (χ4v) is 2.86. The summed E-state index contributed by atoms with van der Waals surface area (Å²) in [6, 6.07) is 4.80. The number of benzene rings is 1. The molecule has 1 fully saturated rings. The lowest BCUT2D eigenvalue weighted by Crippen LogP contribution is -2.44. The molecule has 1 aromatic rings. The first kappa shape index (κ1) is 21.1. The minimum Gasteiger partial charge on any atom is -0.335 e. The van der Waals surface area contributed by atoms with Crippen LogP contribution >= 0.6 is 0 Å². The van der Waals surface area contributed by atoms with Crippen molar-refractivity contribution in [2.45, 2.75) is 27.2 Å². The predicted molar refractivity (Wildman–Crippen MR) is 101 cm³/mol. The molecule has 1 aliphatic rings. The van der Waals surface area contributed by atoms with Crippen molar-refractivity contribution in [3.63, 3.8) is 0 Å². The van der Waals surface area contributed by atoms with E-state index in [-0.39, 0.29) is 13.1 Å². The summed E-state index contributed by atoms with van der Waals surface area (Å²) >= 11 is 0. The number of hydrogen-bond acceptors (Lipinski definition) is 5. The van der Waals surface area contributed by atoms with E-state index in [4.69, 9.17) is 0 Å². The molecule has 2 rings (SSSR count).